The Morgan fingerprint density at radius 2 is 1.67 bits per heavy atom. The molecule has 0 fully saturated rings. The van der Waals surface area contributed by atoms with Gasteiger partial charge in [-0.15, -0.1) is 0 Å². The van der Waals surface area contributed by atoms with Crippen molar-refractivity contribution in [2.75, 3.05) is 0 Å². The molecule has 1 unspecified atom stereocenters. The van der Waals surface area contributed by atoms with Crippen molar-refractivity contribution in [3.8, 4) is 0 Å². The summed E-state index contributed by atoms with van der Waals surface area (Å²) in [7, 11) is 0. The molecule has 0 aliphatic rings. The van der Waals surface area contributed by atoms with Gasteiger partial charge in [-0.2, -0.15) is 0 Å². The molecule has 2 aromatic carbocycles. The third-order valence-electron chi connectivity index (χ3n) is 3.08. The largest absolute Gasteiger partial charge is 0.306 e. The molecule has 2 aromatic rings. The van der Waals surface area contributed by atoms with Gasteiger partial charge in [-0.25, -0.2) is 4.39 Å². The van der Waals surface area contributed by atoms with E-state index in [2.05, 4.69) is 36.5 Å². The Kier molecular flexibility index (Phi) is 4.48. The van der Waals surface area contributed by atoms with Crippen LogP contribution in [0.3, 0.4) is 0 Å². The molecule has 1 atom stereocenters. The Balaban J connectivity index is 1.97. The van der Waals surface area contributed by atoms with E-state index < -0.39 is 0 Å². The first-order valence-electron chi connectivity index (χ1n) is 6.32. The van der Waals surface area contributed by atoms with Gasteiger partial charge in [-0.3, -0.25) is 0 Å². The highest BCUT2D eigenvalue weighted by Crippen LogP contribution is 2.16. The Labute approximate surface area is 108 Å². The van der Waals surface area contributed by atoms with Gasteiger partial charge in [0.05, 0.1) is 0 Å². The van der Waals surface area contributed by atoms with E-state index in [4.69, 9.17) is 0 Å². The molecule has 2 heteroatoms. The first kappa shape index (κ1) is 12.8. The minimum atomic E-state index is -0.186. The summed E-state index contributed by atoms with van der Waals surface area (Å²) in [6.45, 7) is 2.92. The molecule has 0 saturated carbocycles. The average Bonchev–Trinajstić information content (AvgIpc) is 2.43. The highest BCUT2D eigenvalue weighted by Gasteiger charge is 2.07. The van der Waals surface area contributed by atoms with Crippen LogP contribution in [-0.4, -0.2) is 0 Å². The number of hydrogen-bond donors (Lipinski definition) is 1. The standard InChI is InChI=1S/C16H18FN/c1-2-16(14-6-4-3-5-7-14)18-12-13-8-10-15(17)11-9-13/h3-11,16,18H,2,12H2,1H3. The number of rotatable bonds is 5. The zero-order chi connectivity index (χ0) is 12.8. The van der Waals surface area contributed by atoms with Crippen LogP contribution >= 0.6 is 0 Å². The van der Waals surface area contributed by atoms with Gasteiger partial charge in [0.2, 0.25) is 0 Å². The van der Waals surface area contributed by atoms with Crippen LogP contribution in [-0.2, 0) is 6.54 Å². The van der Waals surface area contributed by atoms with Gasteiger partial charge < -0.3 is 5.32 Å². The fourth-order valence-electron chi connectivity index (χ4n) is 2.03. The minimum Gasteiger partial charge on any atom is -0.306 e. The smallest absolute Gasteiger partial charge is 0.123 e. The lowest BCUT2D eigenvalue weighted by molar-refractivity contribution is 0.518. The molecule has 0 aliphatic carbocycles. The fourth-order valence-corrected chi connectivity index (χ4v) is 2.03. The van der Waals surface area contributed by atoms with Crippen LogP contribution < -0.4 is 5.32 Å². The quantitative estimate of drug-likeness (QED) is 0.834. The van der Waals surface area contributed by atoms with E-state index in [1.165, 1.54) is 17.7 Å². The van der Waals surface area contributed by atoms with Crippen molar-refractivity contribution in [3.05, 3.63) is 71.5 Å². The third kappa shape index (κ3) is 3.41. The minimum absolute atomic E-state index is 0.186. The maximum atomic E-state index is 12.8. The molecule has 2 rings (SSSR count). The average molecular weight is 243 g/mol. The predicted octanol–water partition coefficient (Wildman–Crippen LogP) is 4.07. The number of hydrogen-bond acceptors (Lipinski definition) is 1. The summed E-state index contributed by atoms with van der Waals surface area (Å²) in [6, 6.07) is 17.4. The maximum absolute atomic E-state index is 12.8. The normalized spacial score (nSPS) is 12.3. The molecule has 0 amide bonds. The van der Waals surface area contributed by atoms with E-state index in [0.29, 0.717) is 6.04 Å². The van der Waals surface area contributed by atoms with E-state index in [1.54, 1.807) is 0 Å². The van der Waals surface area contributed by atoms with E-state index in [9.17, 15) is 4.39 Å². The Morgan fingerprint density at radius 1 is 1.00 bits per heavy atom. The zero-order valence-corrected chi connectivity index (χ0v) is 10.6. The van der Waals surface area contributed by atoms with Gasteiger partial charge in [0.25, 0.3) is 0 Å². The molecule has 18 heavy (non-hydrogen) atoms. The lowest BCUT2D eigenvalue weighted by Gasteiger charge is -2.17. The summed E-state index contributed by atoms with van der Waals surface area (Å²) in [4.78, 5) is 0. The molecule has 94 valence electrons. The number of nitrogens with one attached hydrogen (secondary N) is 1. The first-order valence-corrected chi connectivity index (χ1v) is 6.32. The van der Waals surface area contributed by atoms with Crippen LogP contribution in [0.5, 0.6) is 0 Å². The number of halogens is 1. The summed E-state index contributed by atoms with van der Waals surface area (Å²) in [5.74, 6) is -0.186. The number of benzene rings is 2. The molecular weight excluding hydrogens is 225 g/mol. The van der Waals surface area contributed by atoms with Gasteiger partial charge in [0, 0.05) is 12.6 Å². The Bertz CT molecular complexity index is 464. The monoisotopic (exact) mass is 243 g/mol. The van der Waals surface area contributed by atoms with Gasteiger partial charge in [-0.05, 0) is 29.7 Å². The molecule has 0 spiro atoms. The van der Waals surface area contributed by atoms with Crippen molar-refractivity contribution in [2.24, 2.45) is 0 Å². The van der Waals surface area contributed by atoms with E-state index in [0.717, 1.165) is 18.5 Å². The Hall–Kier alpha value is -1.67. The fraction of sp³-hybridized carbons (Fsp3) is 0.250. The van der Waals surface area contributed by atoms with Gasteiger partial charge >= 0.3 is 0 Å². The van der Waals surface area contributed by atoms with Crippen LogP contribution in [0.1, 0.15) is 30.5 Å². The summed E-state index contributed by atoms with van der Waals surface area (Å²) in [6.07, 6.45) is 1.03. The van der Waals surface area contributed by atoms with Crippen LogP contribution in [0.2, 0.25) is 0 Å². The maximum Gasteiger partial charge on any atom is 0.123 e. The summed E-state index contributed by atoms with van der Waals surface area (Å²) >= 11 is 0. The predicted molar refractivity (Wildman–Crippen MR) is 72.7 cm³/mol. The third-order valence-corrected chi connectivity index (χ3v) is 3.08. The van der Waals surface area contributed by atoms with Crippen molar-refractivity contribution in [3.63, 3.8) is 0 Å². The molecular formula is C16H18FN. The van der Waals surface area contributed by atoms with E-state index in [1.807, 2.05) is 18.2 Å². The zero-order valence-electron chi connectivity index (χ0n) is 10.6. The molecule has 0 heterocycles. The van der Waals surface area contributed by atoms with Crippen LogP contribution in [0.4, 0.5) is 4.39 Å². The van der Waals surface area contributed by atoms with Crippen LogP contribution in [0, 0.1) is 5.82 Å². The second-order valence-corrected chi connectivity index (χ2v) is 4.38. The second kappa shape index (κ2) is 6.31. The lowest BCUT2D eigenvalue weighted by Crippen LogP contribution is -2.20. The van der Waals surface area contributed by atoms with E-state index in [-0.39, 0.29) is 5.82 Å². The highest BCUT2D eigenvalue weighted by molar-refractivity contribution is 5.20. The van der Waals surface area contributed by atoms with Crippen LogP contribution in [0.15, 0.2) is 54.6 Å². The topological polar surface area (TPSA) is 12.0 Å². The molecule has 0 aliphatic heterocycles. The molecule has 1 N–H and O–H groups in total. The molecule has 0 aromatic heterocycles. The molecule has 1 nitrogen and oxygen atoms in total. The SMILES string of the molecule is CCC(NCc1ccc(F)cc1)c1ccccc1. The Morgan fingerprint density at radius 3 is 2.28 bits per heavy atom. The summed E-state index contributed by atoms with van der Waals surface area (Å²) in [5.41, 5.74) is 2.40. The van der Waals surface area contributed by atoms with E-state index >= 15 is 0 Å². The summed E-state index contributed by atoms with van der Waals surface area (Å²) < 4.78 is 12.8. The van der Waals surface area contributed by atoms with Gasteiger partial charge in [0.15, 0.2) is 0 Å². The molecule has 0 radical (unpaired) electrons. The molecule has 0 bridgehead atoms. The molecule has 0 saturated heterocycles. The summed E-state index contributed by atoms with van der Waals surface area (Å²) in [5, 5.41) is 3.50. The first-order chi connectivity index (χ1) is 8.79. The van der Waals surface area contributed by atoms with Crippen LogP contribution in [0.25, 0.3) is 0 Å². The van der Waals surface area contributed by atoms with Crippen molar-refractivity contribution >= 4 is 0 Å². The van der Waals surface area contributed by atoms with Crippen molar-refractivity contribution in [1.82, 2.24) is 5.32 Å². The van der Waals surface area contributed by atoms with Crippen molar-refractivity contribution in [1.29, 1.82) is 0 Å². The second-order valence-electron chi connectivity index (χ2n) is 4.38. The lowest BCUT2D eigenvalue weighted by atomic mass is 10.0. The highest BCUT2D eigenvalue weighted by atomic mass is 19.1. The van der Waals surface area contributed by atoms with Crippen molar-refractivity contribution in [2.45, 2.75) is 25.9 Å². The van der Waals surface area contributed by atoms with Gasteiger partial charge in [-0.1, -0.05) is 49.4 Å². The van der Waals surface area contributed by atoms with Gasteiger partial charge in [0.1, 0.15) is 5.82 Å². The van der Waals surface area contributed by atoms with Crippen molar-refractivity contribution < 1.29 is 4.39 Å².